The summed E-state index contributed by atoms with van der Waals surface area (Å²) in [5.74, 6) is 0. The molecule has 2 heteroatoms. The topological polar surface area (TPSA) is 29.4 Å². The maximum atomic E-state index is 10.2. The highest BCUT2D eigenvalue weighted by atomic mass is 16.1. The molecule has 0 aromatic carbocycles. The van der Waals surface area contributed by atoms with E-state index in [1.807, 2.05) is 12.2 Å². The van der Waals surface area contributed by atoms with Crippen molar-refractivity contribution in [1.82, 2.24) is 0 Å². The molecule has 0 radical (unpaired) electrons. The van der Waals surface area contributed by atoms with Crippen molar-refractivity contribution in [1.29, 1.82) is 0 Å². The van der Waals surface area contributed by atoms with Crippen LogP contribution in [0.5, 0.6) is 0 Å². The van der Waals surface area contributed by atoms with Crippen LogP contribution in [-0.4, -0.2) is 12.0 Å². The molecule has 0 aromatic heterocycles. The standard InChI is InChI=1S/C8H7NO/c10-7-8-5-3-1-2-4-6-9-8/h1-7H. The van der Waals surface area contributed by atoms with Crippen molar-refractivity contribution >= 4 is 12.0 Å². The summed E-state index contributed by atoms with van der Waals surface area (Å²) in [4.78, 5) is 14.0. The summed E-state index contributed by atoms with van der Waals surface area (Å²) < 4.78 is 0. The summed E-state index contributed by atoms with van der Waals surface area (Å²) >= 11 is 0. The van der Waals surface area contributed by atoms with Crippen LogP contribution in [0.1, 0.15) is 0 Å². The number of carbonyl (C=O) groups is 1. The minimum atomic E-state index is 0.445. The van der Waals surface area contributed by atoms with Gasteiger partial charge in [-0.2, -0.15) is 0 Å². The average molecular weight is 133 g/mol. The zero-order valence-electron chi connectivity index (χ0n) is 5.40. The van der Waals surface area contributed by atoms with Crippen LogP contribution in [0.4, 0.5) is 0 Å². The van der Waals surface area contributed by atoms with Gasteiger partial charge >= 0.3 is 0 Å². The van der Waals surface area contributed by atoms with E-state index in [0.29, 0.717) is 5.71 Å². The van der Waals surface area contributed by atoms with E-state index in [1.54, 1.807) is 24.4 Å². The predicted molar refractivity (Wildman–Crippen MR) is 40.9 cm³/mol. The van der Waals surface area contributed by atoms with Gasteiger partial charge in [0.05, 0.1) is 0 Å². The third-order valence-electron chi connectivity index (χ3n) is 1.03. The number of carbonyl (C=O) groups excluding carboxylic acids is 1. The monoisotopic (exact) mass is 133 g/mol. The maximum Gasteiger partial charge on any atom is 0.168 e. The minimum Gasteiger partial charge on any atom is -0.296 e. The fraction of sp³-hybridized carbons (Fsp3) is 0. The van der Waals surface area contributed by atoms with Gasteiger partial charge in [-0.1, -0.05) is 18.2 Å². The lowest BCUT2D eigenvalue weighted by molar-refractivity contribution is -0.102. The van der Waals surface area contributed by atoms with E-state index in [9.17, 15) is 4.79 Å². The average Bonchev–Trinajstić information content (AvgIpc) is 1.87. The maximum absolute atomic E-state index is 10.2. The Morgan fingerprint density at radius 1 is 1.20 bits per heavy atom. The van der Waals surface area contributed by atoms with Crippen LogP contribution in [-0.2, 0) is 4.79 Å². The molecule has 1 aliphatic rings. The van der Waals surface area contributed by atoms with Crippen LogP contribution >= 0.6 is 0 Å². The molecule has 10 heavy (non-hydrogen) atoms. The Hall–Kier alpha value is -1.44. The molecule has 0 aliphatic carbocycles. The van der Waals surface area contributed by atoms with Gasteiger partial charge in [0.15, 0.2) is 6.29 Å². The van der Waals surface area contributed by atoms with E-state index in [4.69, 9.17) is 0 Å². The lowest BCUT2D eigenvalue weighted by Gasteiger charge is -1.86. The van der Waals surface area contributed by atoms with Crippen molar-refractivity contribution in [2.45, 2.75) is 0 Å². The van der Waals surface area contributed by atoms with Crippen molar-refractivity contribution < 1.29 is 4.79 Å². The molecule has 0 saturated heterocycles. The second-order valence-corrected chi connectivity index (χ2v) is 1.76. The summed E-state index contributed by atoms with van der Waals surface area (Å²) in [5.41, 5.74) is 0.445. The number of allylic oxidation sites excluding steroid dienone is 5. The van der Waals surface area contributed by atoms with Crippen molar-refractivity contribution in [3.8, 4) is 0 Å². The van der Waals surface area contributed by atoms with Gasteiger partial charge in [0.25, 0.3) is 0 Å². The summed E-state index contributed by atoms with van der Waals surface area (Å²) in [7, 11) is 0. The highest BCUT2D eigenvalue weighted by Gasteiger charge is 1.86. The van der Waals surface area contributed by atoms with Crippen LogP contribution in [0.3, 0.4) is 0 Å². The van der Waals surface area contributed by atoms with E-state index in [2.05, 4.69) is 4.99 Å². The number of nitrogens with zero attached hydrogens (tertiary/aromatic N) is 1. The number of aliphatic imine (C=N–C) groups is 1. The fourth-order valence-corrected chi connectivity index (χ4v) is 0.574. The molecular formula is C8H7NO. The highest BCUT2D eigenvalue weighted by Crippen LogP contribution is 1.88. The number of rotatable bonds is 1. The minimum absolute atomic E-state index is 0.445. The van der Waals surface area contributed by atoms with Gasteiger partial charge in [-0.25, -0.2) is 0 Å². The van der Waals surface area contributed by atoms with E-state index < -0.39 is 0 Å². The zero-order valence-corrected chi connectivity index (χ0v) is 5.40. The Morgan fingerprint density at radius 2 is 2.00 bits per heavy atom. The fourth-order valence-electron chi connectivity index (χ4n) is 0.574. The smallest absolute Gasteiger partial charge is 0.168 e. The summed E-state index contributed by atoms with van der Waals surface area (Å²) in [6.45, 7) is 0. The molecule has 0 amide bonds. The molecule has 0 atom stereocenters. The molecule has 0 unspecified atom stereocenters. The van der Waals surface area contributed by atoms with Gasteiger partial charge in [0.2, 0.25) is 0 Å². The Bertz CT molecular complexity index is 234. The first-order chi connectivity index (χ1) is 4.93. The van der Waals surface area contributed by atoms with E-state index in [-0.39, 0.29) is 0 Å². The van der Waals surface area contributed by atoms with Crippen LogP contribution in [0.25, 0.3) is 0 Å². The van der Waals surface area contributed by atoms with Crippen LogP contribution in [0.2, 0.25) is 0 Å². The Balaban J connectivity index is 2.82. The number of hydrogen-bond donors (Lipinski definition) is 0. The van der Waals surface area contributed by atoms with Gasteiger partial charge in [-0.15, -0.1) is 0 Å². The second kappa shape index (κ2) is 3.56. The van der Waals surface area contributed by atoms with Crippen LogP contribution in [0, 0.1) is 0 Å². The Labute approximate surface area is 59.3 Å². The second-order valence-electron chi connectivity index (χ2n) is 1.76. The molecule has 2 nitrogen and oxygen atoms in total. The SMILES string of the molecule is O=CC1=NC=CC=CC=C1. The molecule has 0 fully saturated rings. The number of aldehydes is 1. The molecule has 0 bridgehead atoms. The first kappa shape index (κ1) is 6.68. The molecule has 50 valence electrons. The van der Waals surface area contributed by atoms with Crippen molar-refractivity contribution in [3.63, 3.8) is 0 Å². The van der Waals surface area contributed by atoms with Gasteiger partial charge < -0.3 is 0 Å². The molecule has 1 rings (SSSR count). The van der Waals surface area contributed by atoms with Gasteiger partial charge in [0, 0.05) is 6.20 Å². The van der Waals surface area contributed by atoms with E-state index in [0.717, 1.165) is 6.29 Å². The third kappa shape index (κ3) is 1.82. The Kier molecular flexibility index (Phi) is 2.38. The van der Waals surface area contributed by atoms with Crippen LogP contribution < -0.4 is 0 Å². The molecule has 0 spiro atoms. The lowest BCUT2D eigenvalue weighted by Crippen LogP contribution is -1.92. The predicted octanol–water partition coefficient (Wildman–Crippen LogP) is 1.27. The third-order valence-corrected chi connectivity index (χ3v) is 1.03. The molecule has 1 aliphatic heterocycles. The first-order valence-electron chi connectivity index (χ1n) is 2.96. The highest BCUT2D eigenvalue weighted by molar-refractivity contribution is 6.33. The molecule has 0 saturated carbocycles. The van der Waals surface area contributed by atoms with Crippen LogP contribution in [0.15, 0.2) is 41.6 Å². The normalized spacial score (nSPS) is 15.8. The lowest BCUT2D eigenvalue weighted by atomic mass is 10.3. The molecule has 1 heterocycles. The summed E-state index contributed by atoms with van der Waals surface area (Å²) in [6.07, 6.45) is 11.2. The van der Waals surface area contributed by atoms with Crippen molar-refractivity contribution in [2.24, 2.45) is 4.99 Å². The van der Waals surface area contributed by atoms with Crippen molar-refractivity contribution in [3.05, 3.63) is 36.6 Å². The van der Waals surface area contributed by atoms with Gasteiger partial charge in [-0.05, 0) is 12.2 Å². The van der Waals surface area contributed by atoms with E-state index in [1.165, 1.54) is 0 Å². The molecule has 0 N–H and O–H groups in total. The summed E-state index contributed by atoms with van der Waals surface area (Å²) in [5, 5.41) is 0. The van der Waals surface area contributed by atoms with Crippen molar-refractivity contribution in [2.75, 3.05) is 0 Å². The van der Waals surface area contributed by atoms with Gasteiger partial charge in [0.1, 0.15) is 5.71 Å². The Morgan fingerprint density at radius 3 is 2.80 bits per heavy atom. The molecular weight excluding hydrogens is 126 g/mol. The quantitative estimate of drug-likeness (QED) is 0.495. The number of hydrogen-bond acceptors (Lipinski definition) is 2. The van der Waals surface area contributed by atoms with E-state index >= 15 is 0 Å². The summed E-state index contributed by atoms with van der Waals surface area (Å²) in [6, 6.07) is 0. The zero-order chi connectivity index (χ0) is 7.23. The molecule has 0 aromatic rings. The largest absolute Gasteiger partial charge is 0.296 e. The first-order valence-corrected chi connectivity index (χ1v) is 2.96. The van der Waals surface area contributed by atoms with Gasteiger partial charge in [-0.3, -0.25) is 9.79 Å².